The predicted octanol–water partition coefficient (Wildman–Crippen LogP) is 4.90. The molecule has 158 valence electrons. The molecule has 0 saturated carbocycles. The number of carbonyl (C=O) groups is 1. The largest absolute Gasteiger partial charge is 0.493 e. The van der Waals surface area contributed by atoms with Gasteiger partial charge in [-0.1, -0.05) is 23.7 Å². The second kappa shape index (κ2) is 9.82. The van der Waals surface area contributed by atoms with Gasteiger partial charge in [0.1, 0.15) is 0 Å². The van der Waals surface area contributed by atoms with E-state index in [-0.39, 0.29) is 12.3 Å². The van der Waals surface area contributed by atoms with Crippen LogP contribution in [0.4, 0.5) is 5.13 Å². The highest BCUT2D eigenvalue weighted by atomic mass is 35.5. The fraction of sp³-hybridized carbons (Fsp3) is 0.273. The van der Waals surface area contributed by atoms with Crippen LogP contribution in [0.25, 0.3) is 0 Å². The molecule has 0 atom stereocenters. The number of thiazole rings is 1. The Morgan fingerprint density at radius 1 is 1.07 bits per heavy atom. The van der Waals surface area contributed by atoms with E-state index in [9.17, 15) is 4.79 Å². The van der Waals surface area contributed by atoms with Crippen molar-refractivity contribution < 1.29 is 19.0 Å². The number of amides is 1. The van der Waals surface area contributed by atoms with Gasteiger partial charge in [-0.15, -0.1) is 11.3 Å². The topological polar surface area (TPSA) is 69.7 Å². The third-order valence-corrected chi connectivity index (χ3v) is 5.82. The van der Waals surface area contributed by atoms with Crippen LogP contribution in [0.5, 0.6) is 17.2 Å². The Labute approximate surface area is 184 Å². The van der Waals surface area contributed by atoms with Crippen LogP contribution in [0, 0.1) is 6.92 Å². The van der Waals surface area contributed by atoms with Crippen molar-refractivity contribution in [1.82, 2.24) is 4.98 Å². The zero-order valence-corrected chi connectivity index (χ0v) is 18.8. The van der Waals surface area contributed by atoms with Crippen LogP contribution < -0.4 is 19.5 Å². The summed E-state index contributed by atoms with van der Waals surface area (Å²) < 4.78 is 16.0. The maximum absolute atomic E-state index is 12.5. The van der Waals surface area contributed by atoms with Crippen molar-refractivity contribution in [3.8, 4) is 17.2 Å². The molecule has 0 unspecified atom stereocenters. The molecule has 0 aliphatic heterocycles. The first kappa shape index (κ1) is 21.9. The van der Waals surface area contributed by atoms with Gasteiger partial charge in [0.2, 0.25) is 11.7 Å². The van der Waals surface area contributed by atoms with E-state index in [1.165, 1.54) is 18.4 Å². The summed E-state index contributed by atoms with van der Waals surface area (Å²) in [7, 11) is 4.62. The number of rotatable bonds is 8. The molecule has 3 aromatic rings. The van der Waals surface area contributed by atoms with Crippen LogP contribution in [0.1, 0.15) is 21.6 Å². The SMILES string of the molecule is COc1cc(CC(=O)Nc2ncc(Cc3ccc(C)c(Cl)c3)s2)cc(OC)c1OC. The van der Waals surface area contributed by atoms with Crippen molar-refractivity contribution in [3.05, 3.63) is 63.1 Å². The lowest BCUT2D eigenvalue weighted by atomic mass is 10.1. The first-order valence-electron chi connectivity index (χ1n) is 9.22. The molecule has 2 aromatic carbocycles. The number of aromatic nitrogens is 1. The van der Waals surface area contributed by atoms with Gasteiger partial charge >= 0.3 is 0 Å². The van der Waals surface area contributed by atoms with Crippen molar-refractivity contribution in [2.75, 3.05) is 26.6 Å². The van der Waals surface area contributed by atoms with Gasteiger partial charge in [-0.3, -0.25) is 4.79 Å². The zero-order chi connectivity index (χ0) is 21.7. The summed E-state index contributed by atoms with van der Waals surface area (Å²) in [6.07, 6.45) is 2.63. The van der Waals surface area contributed by atoms with E-state index in [2.05, 4.69) is 10.3 Å². The number of hydrogen-bond acceptors (Lipinski definition) is 6. The third kappa shape index (κ3) is 5.23. The number of nitrogens with zero attached hydrogens (tertiary/aromatic N) is 1. The molecule has 0 saturated heterocycles. The molecule has 0 aliphatic rings. The van der Waals surface area contributed by atoms with E-state index in [0.717, 1.165) is 26.6 Å². The minimum atomic E-state index is -0.177. The summed E-state index contributed by atoms with van der Waals surface area (Å²) in [6.45, 7) is 1.97. The minimum Gasteiger partial charge on any atom is -0.493 e. The number of benzene rings is 2. The van der Waals surface area contributed by atoms with E-state index in [1.54, 1.807) is 32.5 Å². The molecular weight excluding hydrogens is 424 g/mol. The maximum atomic E-state index is 12.5. The molecule has 0 aliphatic carbocycles. The molecule has 0 fully saturated rings. The van der Waals surface area contributed by atoms with Gasteiger partial charge in [-0.2, -0.15) is 0 Å². The number of ether oxygens (including phenoxy) is 3. The van der Waals surface area contributed by atoms with Gasteiger partial charge < -0.3 is 19.5 Å². The van der Waals surface area contributed by atoms with Crippen molar-refractivity contribution in [3.63, 3.8) is 0 Å². The zero-order valence-electron chi connectivity index (χ0n) is 17.2. The highest BCUT2D eigenvalue weighted by Crippen LogP contribution is 2.38. The normalized spacial score (nSPS) is 10.6. The molecule has 0 radical (unpaired) electrons. The molecule has 0 bridgehead atoms. The summed E-state index contributed by atoms with van der Waals surface area (Å²) >= 11 is 7.64. The summed E-state index contributed by atoms with van der Waals surface area (Å²) in [6, 6.07) is 9.52. The molecule has 8 heteroatoms. The number of carbonyl (C=O) groups excluding carboxylic acids is 1. The molecule has 30 heavy (non-hydrogen) atoms. The van der Waals surface area contributed by atoms with Crippen molar-refractivity contribution in [2.45, 2.75) is 19.8 Å². The lowest BCUT2D eigenvalue weighted by molar-refractivity contribution is -0.115. The van der Waals surface area contributed by atoms with Gasteiger partial charge in [0.25, 0.3) is 0 Å². The monoisotopic (exact) mass is 446 g/mol. The first-order valence-corrected chi connectivity index (χ1v) is 10.4. The summed E-state index contributed by atoms with van der Waals surface area (Å²) in [5.41, 5.74) is 2.89. The molecule has 0 spiro atoms. The quantitative estimate of drug-likeness (QED) is 0.532. The van der Waals surface area contributed by atoms with Gasteiger partial charge in [-0.05, 0) is 41.8 Å². The number of hydrogen-bond donors (Lipinski definition) is 1. The highest BCUT2D eigenvalue weighted by Gasteiger charge is 2.15. The number of aryl methyl sites for hydroxylation is 1. The first-order chi connectivity index (χ1) is 14.4. The van der Waals surface area contributed by atoms with Crippen LogP contribution in [-0.2, 0) is 17.6 Å². The minimum absolute atomic E-state index is 0.152. The molecule has 6 nitrogen and oxygen atoms in total. The van der Waals surface area contributed by atoms with E-state index < -0.39 is 0 Å². The summed E-state index contributed by atoms with van der Waals surface area (Å²) in [4.78, 5) is 17.9. The third-order valence-electron chi connectivity index (χ3n) is 4.50. The average Bonchev–Trinajstić information content (AvgIpc) is 3.16. The smallest absolute Gasteiger partial charge is 0.230 e. The lowest BCUT2D eigenvalue weighted by Crippen LogP contribution is -2.14. The van der Waals surface area contributed by atoms with E-state index >= 15 is 0 Å². The van der Waals surface area contributed by atoms with Gasteiger partial charge in [0.15, 0.2) is 16.6 Å². The van der Waals surface area contributed by atoms with Crippen LogP contribution in [-0.4, -0.2) is 32.2 Å². The Kier molecular flexibility index (Phi) is 7.18. The molecular formula is C22H23ClN2O4S. The number of methoxy groups -OCH3 is 3. The molecule has 1 heterocycles. The van der Waals surface area contributed by atoms with Crippen LogP contribution in [0.3, 0.4) is 0 Å². The van der Waals surface area contributed by atoms with E-state index in [0.29, 0.717) is 28.8 Å². The number of halogens is 1. The molecule has 1 aromatic heterocycles. The van der Waals surface area contributed by atoms with Crippen LogP contribution in [0.15, 0.2) is 36.5 Å². The van der Waals surface area contributed by atoms with E-state index in [1.807, 2.05) is 25.1 Å². The molecule has 3 rings (SSSR count). The van der Waals surface area contributed by atoms with Gasteiger partial charge in [0.05, 0.1) is 27.8 Å². The molecule has 1 N–H and O–H groups in total. The van der Waals surface area contributed by atoms with Gasteiger partial charge in [-0.25, -0.2) is 4.98 Å². The standard InChI is InChI=1S/C22H23ClN2O4S/c1-13-5-6-14(8-17(13)23)7-16-12-24-22(30-16)25-20(26)11-15-9-18(27-2)21(29-4)19(10-15)28-3/h5-6,8-10,12H,7,11H2,1-4H3,(H,24,25,26). The van der Waals surface area contributed by atoms with Gasteiger partial charge in [0, 0.05) is 22.5 Å². The Bertz CT molecular complexity index is 1030. The fourth-order valence-corrected chi connectivity index (χ4v) is 4.05. The fourth-order valence-electron chi connectivity index (χ4n) is 2.98. The van der Waals surface area contributed by atoms with Crippen LogP contribution >= 0.6 is 22.9 Å². The van der Waals surface area contributed by atoms with Crippen molar-refractivity contribution >= 4 is 34.0 Å². The lowest BCUT2D eigenvalue weighted by Gasteiger charge is -2.13. The average molecular weight is 447 g/mol. The van der Waals surface area contributed by atoms with Crippen molar-refractivity contribution in [1.29, 1.82) is 0 Å². The number of nitrogens with one attached hydrogen (secondary N) is 1. The maximum Gasteiger partial charge on any atom is 0.230 e. The Morgan fingerprint density at radius 2 is 1.77 bits per heavy atom. The molecule has 1 amide bonds. The number of anilines is 1. The Morgan fingerprint density at radius 3 is 2.37 bits per heavy atom. The summed E-state index contributed by atoms with van der Waals surface area (Å²) in [5.74, 6) is 1.33. The van der Waals surface area contributed by atoms with E-state index in [4.69, 9.17) is 25.8 Å². The highest BCUT2D eigenvalue weighted by molar-refractivity contribution is 7.15. The predicted molar refractivity (Wildman–Crippen MR) is 120 cm³/mol. The Balaban J connectivity index is 1.66. The summed E-state index contributed by atoms with van der Waals surface area (Å²) in [5, 5.41) is 4.15. The second-order valence-corrected chi connectivity index (χ2v) is 8.17. The Hall–Kier alpha value is -2.77. The second-order valence-electron chi connectivity index (χ2n) is 6.65. The van der Waals surface area contributed by atoms with Crippen molar-refractivity contribution in [2.24, 2.45) is 0 Å². The van der Waals surface area contributed by atoms with Crippen LogP contribution in [0.2, 0.25) is 5.02 Å².